The van der Waals surface area contributed by atoms with E-state index in [0.29, 0.717) is 29.6 Å². The molecule has 8 heteroatoms. The van der Waals surface area contributed by atoms with E-state index in [9.17, 15) is 9.59 Å². The number of hydrogen-bond acceptors (Lipinski definition) is 7. The Labute approximate surface area is 179 Å². The van der Waals surface area contributed by atoms with Gasteiger partial charge in [-0.05, 0) is 70.1 Å². The number of aromatic nitrogens is 2. The van der Waals surface area contributed by atoms with E-state index < -0.39 is 0 Å². The lowest BCUT2D eigenvalue weighted by Crippen LogP contribution is -2.34. The Morgan fingerprint density at radius 2 is 2.00 bits per heavy atom. The van der Waals surface area contributed by atoms with E-state index in [0.717, 1.165) is 60.6 Å². The minimum atomic E-state index is -0.256. The summed E-state index contributed by atoms with van der Waals surface area (Å²) in [6.45, 7) is 4.15. The summed E-state index contributed by atoms with van der Waals surface area (Å²) in [6, 6.07) is 3.59. The van der Waals surface area contributed by atoms with Gasteiger partial charge in [-0.15, -0.1) is 0 Å². The molecule has 5 rings (SSSR count). The van der Waals surface area contributed by atoms with E-state index in [-0.39, 0.29) is 24.2 Å². The van der Waals surface area contributed by atoms with Crippen molar-refractivity contribution in [1.82, 2.24) is 15.0 Å². The lowest BCUT2D eigenvalue weighted by molar-refractivity contribution is -0.134. The smallest absolute Gasteiger partial charge is 0.339 e. The van der Waals surface area contributed by atoms with Crippen LogP contribution in [0.5, 0.6) is 5.75 Å². The number of hydrogen-bond donors (Lipinski definition) is 0. The van der Waals surface area contributed by atoms with Gasteiger partial charge in [0.1, 0.15) is 17.4 Å². The third-order valence-corrected chi connectivity index (χ3v) is 6.34. The molecule has 2 aromatic heterocycles. The van der Waals surface area contributed by atoms with Crippen molar-refractivity contribution < 1.29 is 18.5 Å². The van der Waals surface area contributed by atoms with E-state index in [2.05, 4.69) is 10.1 Å². The van der Waals surface area contributed by atoms with Crippen LogP contribution in [-0.4, -0.2) is 34.1 Å². The van der Waals surface area contributed by atoms with Crippen molar-refractivity contribution in [3.63, 3.8) is 0 Å². The van der Waals surface area contributed by atoms with E-state index in [1.165, 1.54) is 0 Å². The number of likely N-dealkylation sites (tertiary alicyclic amines) is 1. The Kier molecular flexibility index (Phi) is 5.00. The van der Waals surface area contributed by atoms with Gasteiger partial charge < -0.3 is 18.6 Å². The first kappa shape index (κ1) is 19.8. The number of amides is 1. The number of benzene rings is 1. The van der Waals surface area contributed by atoms with Crippen LogP contribution in [0.3, 0.4) is 0 Å². The highest BCUT2D eigenvalue weighted by Crippen LogP contribution is 2.34. The zero-order valence-electron chi connectivity index (χ0n) is 17.8. The van der Waals surface area contributed by atoms with Gasteiger partial charge in [-0.1, -0.05) is 5.16 Å². The number of carbonyl (C=O) groups excluding carboxylic acids is 1. The highest BCUT2D eigenvalue weighted by atomic mass is 16.5. The Morgan fingerprint density at radius 1 is 1.19 bits per heavy atom. The highest BCUT2D eigenvalue weighted by Gasteiger charge is 2.34. The van der Waals surface area contributed by atoms with E-state index in [1.54, 1.807) is 11.8 Å². The van der Waals surface area contributed by atoms with Crippen molar-refractivity contribution >= 4 is 16.9 Å². The van der Waals surface area contributed by atoms with Gasteiger partial charge in [0.2, 0.25) is 5.89 Å². The summed E-state index contributed by atoms with van der Waals surface area (Å²) in [4.78, 5) is 31.3. The number of nitrogens with zero attached hydrogens (tertiary/aromatic N) is 3. The van der Waals surface area contributed by atoms with Gasteiger partial charge in [0.25, 0.3) is 5.91 Å². The maximum Gasteiger partial charge on any atom is 0.339 e. The maximum absolute atomic E-state index is 12.9. The van der Waals surface area contributed by atoms with Crippen LogP contribution in [0.4, 0.5) is 0 Å². The summed E-state index contributed by atoms with van der Waals surface area (Å²) >= 11 is 0. The molecule has 1 amide bonds. The summed E-state index contributed by atoms with van der Waals surface area (Å²) in [7, 11) is 0. The molecule has 1 fully saturated rings. The minimum absolute atomic E-state index is 0.106. The molecule has 0 bridgehead atoms. The molecule has 0 radical (unpaired) electrons. The molecule has 8 nitrogen and oxygen atoms in total. The lowest BCUT2D eigenvalue weighted by Gasteiger charge is -2.22. The van der Waals surface area contributed by atoms with Gasteiger partial charge in [0.15, 0.2) is 12.4 Å². The summed E-state index contributed by atoms with van der Waals surface area (Å²) in [6.07, 6.45) is 5.43. The second kappa shape index (κ2) is 7.83. The molecule has 1 aliphatic carbocycles. The molecule has 3 aromatic rings. The molecule has 0 spiro atoms. The second-order valence-electron chi connectivity index (χ2n) is 8.33. The summed E-state index contributed by atoms with van der Waals surface area (Å²) in [5.74, 6) is 1.44. The third kappa shape index (κ3) is 3.49. The summed E-state index contributed by atoms with van der Waals surface area (Å²) in [5.41, 5.74) is 2.93. The fraction of sp³-hybridized carbons (Fsp3) is 0.478. The predicted molar refractivity (Wildman–Crippen MR) is 112 cm³/mol. The molecular weight excluding hydrogens is 398 g/mol. The quantitative estimate of drug-likeness (QED) is 0.593. The molecule has 0 N–H and O–H groups in total. The van der Waals surface area contributed by atoms with Gasteiger partial charge >= 0.3 is 5.63 Å². The topological polar surface area (TPSA) is 98.7 Å². The van der Waals surface area contributed by atoms with Crippen LogP contribution in [0.15, 0.2) is 25.9 Å². The molecule has 1 saturated heterocycles. The Balaban J connectivity index is 1.36. The normalized spacial score (nSPS) is 18.4. The number of carbonyl (C=O) groups is 1. The van der Waals surface area contributed by atoms with Gasteiger partial charge in [-0.2, -0.15) is 4.98 Å². The first-order valence-electron chi connectivity index (χ1n) is 10.8. The Hall–Kier alpha value is -3.16. The zero-order valence-corrected chi connectivity index (χ0v) is 17.8. The summed E-state index contributed by atoms with van der Waals surface area (Å²) in [5, 5.41) is 4.80. The van der Waals surface area contributed by atoms with Crippen molar-refractivity contribution in [2.24, 2.45) is 0 Å². The number of ether oxygens (including phenoxy) is 1. The van der Waals surface area contributed by atoms with Crippen LogP contribution in [0.1, 0.15) is 60.1 Å². The molecule has 0 saturated carbocycles. The lowest BCUT2D eigenvalue weighted by atomic mass is 9.90. The summed E-state index contributed by atoms with van der Waals surface area (Å²) < 4.78 is 16.8. The van der Waals surface area contributed by atoms with Gasteiger partial charge in [0.05, 0.1) is 0 Å². The molecule has 1 unspecified atom stereocenters. The van der Waals surface area contributed by atoms with Gasteiger partial charge in [-0.3, -0.25) is 4.79 Å². The average Bonchev–Trinajstić information content (AvgIpc) is 3.43. The SMILES string of the molecule is Cc1noc(C2CCCN2C(=O)COc2ccc3c4c(c(=O)oc3c2C)CCCC4)n1. The van der Waals surface area contributed by atoms with Crippen LogP contribution in [0.2, 0.25) is 0 Å². The molecule has 3 heterocycles. The largest absolute Gasteiger partial charge is 0.483 e. The van der Waals surface area contributed by atoms with Crippen molar-refractivity contribution in [3.05, 3.63) is 51.0 Å². The average molecular weight is 423 g/mol. The Morgan fingerprint density at radius 3 is 2.77 bits per heavy atom. The number of fused-ring (bicyclic) bond motifs is 3. The molecule has 1 atom stereocenters. The van der Waals surface area contributed by atoms with Crippen molar-refractivity contribution in [3.8, 4) is 5.75 Å². The number of aryl methyl sites for hydroxylation is 3. The standard InChI is InChI=1S/C23H25N3O5/c1-13-19(10-9-16-15-6-3-4-7-17(15)23(28)30-21(13)16)29-12-20(27)26-11-5-8-18(26)22-24-14(2)25-31-22/h9-10,18H,3-8,11-12H2,1-2H3. The van der Waals surface area contributed by atoms with Crippen LogP contribution >= 0.6 is 0 Å². The maximum atomic E-state index is 12.9. The highest BCUT2D eigenvalue weighted by molar-refractivity contribution is 5.86. The molecule has 2 aliphatic rings. The predicted octanol–water partition coefficient (Wildman–Crippen LogP) is 3.41. The zero-order chi connectivity index (χ0) is 21.5. The monoisotopic (exact) mass is 423 g/mol. The molecule has 31 heavy (non-hydrogen) atoms. The molecule has 1 aliphatic heterocycles. The van der Waals surface area contributed by atoms with E-state index >= 15 is 0 Å². The van der Waals surface area contributed by atoms with Crippen LogP contribution in [0.25, 0.3) is 11.0 Å². The second-order valence-corrected chi connectivity index (χ2v) is 8.33. The van der Waals surface area contributed by atoms with Gasteiger partial charge in [-0.25, -0.2) is 4.79 Å². The van der Waals surface area contributed by atoms with E-state index in [1.807, 2.05) is 19.1 Å². The fourth-order valence-electron chi connectivity index (χ4n) is 4.77. The van der Waals surface area contributed by atoms with Crippen molar-refractivity contribution in [2.45, 2.75) is 58.4 Å². The first-order chi connectivity index (χ1) is 15.0. The van der Waals surface area contributed by atoms with Gasteiger partial charge in [0, 0.05) is 23.1 Å². The fourth-order valence-corrected chi connectivity index (χ4v) is 4.77. The Bertz CT molecular complexity index is 1210. The van der Waals surface area contributed by atoms with Crippen LogP contribution in [0, 0.1) is 13.8 Å². The first-order valence-corrected chi connectivity index (χ1v) is 10.8. The van der Waals surface area contributed by atoms with Crippen LogP contribution in [-0.2, 0) is 17.6 Å². The number of rotatable bonds is 4. The van der Waals surface area contributed by atoms with E-state index in [4.69, 9.17) is 13.7 Å². The van der Waals surface area contributed by atoms with Crippen LogP contribution < -0.4 is 10.4 Å². The van der Waals surface area contributed by atoms with Crippen molar-refractivity contribution in [1.29, 1.82) is 0 Å². The molecular formula is C23H25N3O5. The molecule has 162 valence electrons. The third-order valence-electron chi connectivity index (χ3n) is 6.34. The molecule has 1 aromatic carbocycles. The van der Waals surface area contributed by atoms with Crippen molar-refractivity contribution in [2.75, 3.05) is 13.2 Å². The minimum Gasteiger partial charge on any atom is -0.483 e.